The van der Waals surface area contributed by atoms with Gasteiger partial charge in [0.25, 0.3) is 0 Å². The van der Waals surface area contributed by atoms with Crippen LogP contribution in [-0.2, 0) is 9.53 Å². The summed E-state index contributed by atoms with van der Waals surface area (Å²) in [7, 11) is 0. The second kappa shape index (κ2) is 5.00. The first-order valence-corrected chi connectivity index (χ1v) is 6.14. The molecule has 0 spiro atoms. The summed E-state index contributed by atoms with van der Waals surface area (Å²) in [5, 5.41) is 0. The van der Waals surface area contributed by atoms with Crippen LogP contribution in [0.25, 0.3) is 0 Å². The third-order valence-electron chi connectivity index (χ3n) is 3.26. The maximum Gasteiger partial charge on any atom is 0.311 e. The molecule has 2 heteroatoms. The van der Waals surface area contributed by atoms with Crippen molar-refractivity contribution in [1.82, 2.24) is 0 Å². The minimum absolute atomic E-state index is 0.0533. The van der Waals surface area contributed by atoms with E-state index in [1.807, 2.05) is 20.8 Å². The SMILES string of the molecule is CCC1CCC(OC(=O)C(C)(C)C)CC1. The zero-order chi connectivity index (χ0) is 11.5. The van der Waals surface area contributed by atoms with Crippen LogP contribution in [0.4, 0.5) is 0 Å². The van der Waals surface area contributed by atoms with Gasteiger partial charge in [-0.3, -0.25) is 4.79 Å². The van der Waals surface area contributed by atoms with Crippen LogP contribution in [0.5, 0.6) is 0 Å². The number of hydrogen-bond acceptors (Lipinski definition) is 2. The number of esters is 1. The molecule has 1 aliphatic rings. The highest BCUT2D eigenvalue weighted by Crippen LogP contribution is 2.29. The Kier molecular flexibility index (Phi) is 4.18. The number of hydrogen-bond donors (Lipinski definition) is 0. The Morgan fingerprint density at radius 3 is 2.13 bits per heavy atom. The van der Waals surface area contributed by atoms with Crippen molar-refractivity contribution >= 4 is 5.97 Å². The van der Waals surface area contributed by atoms with E-state index in [-0.39, 0.29) is 17.5 Å². The lowest BCUT2D eigenvalue weighted by Gasteiger charge is -2.29. The Labute approximate surface area is 93.4 Å². The van der Waals surface area contributed by atoms with Gasteiger partial charge in [-0.05, 0) is 52.4 Å². The summed E-state index contributed by atoms with van der Waals surface area (Å²) in [5.74, 6) is 0.803. The molecule has 1 rings (SSSR count). The normalized spacial score (nSPS) is 27.5. The van der Waals surface area contributed by atoms with Crippen molar-refractivity contribution in [3.05, 3.63) is 0 Å². The van der Waals surface area contributed by atoms with E-state index in [1.165, 1.54) is 19.3 Å². The van der Waals surface area contributed by atoms with E-state index in [2.05, 4.69) is 6.92 Å². The third kappa shape index (κ3) is 3.84. The fourth-order valence-corrected chi connectivity index (χ4v) is 1.99. The minimum Gasteiger partial charge on any atom is -0.462 e. The molecule has 0 N–H and O–H groups in total. The van der Waals surface area contributed by atoms with Gasteiger partial charge in [0.2, 0.25) is 0 Å². The van der Waals surface area contributed by atoms with Gasteiger partial charge in [-0.1, -0.05) is 13.3 Å². The average molecular weight is 212 g/mol. The maximum absolute atomic E-state index is 11.7. The summed E-state index contributed by atoms with van der Waals surface area (Å²) in [4.78, 5) is 11.7. The molecule has 0 aliphatic heterocycles. The molecule has 0 unspecified atom stereocenters. The Morgan fingerprint density at radius 2 is 1.73 bits per heavy atom. The lowest BCUT2D eigenvalue weighted by atomic mass is 9.85. The van der Waals surface area contributed by atoms with Crippen molar-refractivity contribution in [2.24, 2.45) is 11.3 Å². The molecule has 1 fully saturated rings. The Balaban J connectivity index is 2.33. The zero-order valence-electron chi connectivity index (χ0n) is 10.5. The van der Waals surface area contributed by atoms with Crippen molar-refractivity contribution < 1.29 is 9.53 Å². The topological polar surface area (TPSA) is 26.3 Å². The first-order valence-electron chi connectivity index (χ1n) is 6.14. The van der Waals surface area contributed by atoms with Gasteiger partial charge in [-0.2, -0.15) is 0 Å². The Hall–Kier alpha value is -0.530. The van der Waals surface area contributed by atoms with Gasteiger partial charge in [0.15, 0.2) is 0 Å². The molecule has 0 aromatic rings. The second-order valence-electron chi connectivity index (χ2n) is 5.71. The molecule has 88 valence electrons. The smallest absolute Gasteiger partial charge is 0.311 e. The summed E-state index contributed by atoms with van der Waals surface area (Å²) in [5.41, 5.74) is -0.360. The van der Waals surface area contributed by atoms with Crippen molar-refractivity contribution in [2.45, 2.75) is 65.9 Å². The van der Waals surface area contributed by atoms with Crippen molar-refractivity contribution in [3.63, 3.8) is 0 Å². The molecule has 1 saturated carbocycles. The lowest BCUT2D eigenvalue weighted by Crippen LogP contribution is -2.30. The highest BCUT2D eigenvalue weighted by Gasteiger charge is 2.28. The summed E-state index contributed by atoms with van der Waals surface area (Å²) in [6.07, 6.45) is 6.00. The lowest BCUT2D eigenvalue weighted by molar-refractivity contribution is -0.160. The van der Waals surface area contributed by atoms with Gasteiger partial charge < -0.3 is 4.74 Å². The fraction of sp³-hybridized carbons (Fsp3) is 0.923. The van der Waals surface area contributed by atoms with E-state index in [0.29, 0.717) is 0 Å². The number of rotatable bonds is 2. The molecule has 0 atom stereocenters. The minimum atomic E-state index is -0.360. The molecular weight excluding hydrogens is 188 g/mol. The van der Waals surface area contributed by atoms with E-state index >= 15 is 0 Å². The van der Waals surface area contributed by atoms with Crippen LogP contribution in [0.2, 0.25) is 0 Å². The molecule has 0 heterocycles. The molecule has 0 amide bonds. The van der Waals surface area contributed by atoms with E-state index in [1.54, 1.807) is 0 Å². The predicted octanol–water partition coefficient (Wildman–Crippen LogP) is 3.54. The summed E-state index contributed by atoms with van der Waals surface area (Å²) >= 11 is 0. The number of carbonyl (C=O) groups excluding carboxylic acids is 1. The molecule has 0 aromatic carbocycles. The zero-order valence-corrected chi connectivity index (χ0v) is 10.5. The molecular formula is C13H24O2. The molecule has 2 nitrogen and oxygen atoms in total. The quantitative estimate of drug-likeness (QED) is 0.654. The standard InChI is InChI=1S/C13H24O2/c1-5-10-6-8-11(9-7-10)15-12(14)13(2,3)4/h10-11H,5-9H2,1-4H3. The molecule has 0 radical (unpaired) electrons. The van der Waals surface area contributed by atoms with E-state index < -0.39 is 0 Å². The van der Waals surface area contributed by atoms with E-state index in [0.717, 1.165) is 18.8 Å². The largest absolute Gasteiger partial charge is 0.462 e. The van der Waals surface area contributed by atoms with Gasteiger partial charge in [-0.25, -0.2) is 0 Å². The van der Waals surface area contributed by atoms with Gasteiger partial charge >= 0.3 is 5.97 Å². The Bertz CT molecular complexity index is 207. The van der Waals surface area contributed by atoms with Gasteiger partial charge in [0.1, 0.15) is 6.10 Å². The second-order valence-corrected chi connectivity index (χ2v) is 5.71. The summed E-state index contributed by atoms with van der Waals surface area (Å²) in [6.45, 7) is 7.97. The van der Waals surface area contributed by atoms with Crippen molar-refractivity contribution in [3.8, 4) is 0 Å². The maximum atomic E-state index is 11.7. The summed E-state index contributed by atoms with van der Waals surface area (Å²) < 4.78 is 5.51. The Morgan fingerprint density at radius 1 is 1.20 bits per heavy atom. The molecule has 15 heavy (non-hydrogen) atoms. The van der Waals surface area contributed by atoms with Crippen LogP contribution in [0.15, 0.2) is 0 Å². The highest BCUT2D eigenvalue weighted by atomic mass is 16.5. The molecule has 0 bridgehead atoms. The van der Waals surface area contributed by atoms with Crippen LogP contribution in [0, 0.1) is 11.3 Å². The average Bonchev–Trinajstić information content (AvgIpc) is 2.17. The van der Waals surface area contributed by atoms with Gasteiger partial charge in [-0.15, -0.1) is 0 Å². The van der Waals surface area contributed by atoms with Crippen LogP contribution >= 0.6 is 0 Å². The van der Waals surface area contributed by atoms with Crippen LogP contribution in [0.3, 0.4) is 0 Å². The van der Waals surface area contributed by atoms with Crippen LogP contribution < -0.4 is 0 Å². The molecule has 0 saturated heterocycles. The highest BCUT2D eigenvalue weighted by molar-refractivity contribution is 5.75. The van der Waals surface area contributed by atoms with E-state index in [9.17, 15) is 4.79 Å². The van der Waals surface area contributed by atoms with Gasteiger partial charge in [0.05, 0.1) is 5.41 Å². The first kappa shape index (κ1) is 12.5. The monoisotopic (exact) mass is 212 g/mol. The molecule has 0 aromatic heterocycles. The first-order chi connectivity index (χ1) is 6.93. The number of carbonyl (C=O) groups is 1. The van der Waals surface area contributed by atoms with Crippen molar-refractivity contribution in [1.29, 1.82) is 0 Å². The third-order valence-corrected chi connectivity index (χ3v) is 3.26. The number of ether oxygens (including phenoxy) is 1. The van der Waals surface area contributed by atoms with Crippen molar-refractivity contribution in [2.75, 3.05) is 0 Å². The predicted molar refractivity (Wildman–Crippen MR) is 61.6 cm³/mol. The summed E-state index contributed by atoms with van der Waals surface area (Å²) in [6, 6.07) is 0. The molecule has 1 aliphatic carbocycles. The van der Waals surface area contributed by atoms with Gasteiger partial charge in [0, 0.05) is 0 Å². The van der Waals surface area contributed by atoms with Crippen LogP contribution in [0.1, 0.15) is 59.8 Å². The fourth-order valence-electron chi connectivity index (χ4n) is 1.99. The van der Waals surface area contributed by atoms with Crippen LogP contribution in [-0.4, -0.2) is 12.1 Å². The van der Waals surface area contributed by atoms with E-state index in [4.69, 9.17) is 4.74 Å².